The average molecular weight is 398 g/mol. The summed E-state index contributed by atoms with van der Waals surface area (Å²) in [7, 11) is 0. The lowest BCUT2D eigenvalue weighted by Gasteiger charge is -2.28. The van der Waals surface area contributed by atoms with Crippen molar-refractivity contribution < 1.29 is 9.53 Å². The molecule has 1 atom stereocenters. The van der Waals surface area contributed by atoms with Crippen molar-refractivity contribution in [1.29, 1.82) is 0 Å². The summed E-state index contributed by atoms with van der Waals surface area (Å²) in [6, 6.07) is 23.7. The fourth-order valence-corrected chi connectivity index (χ4v) is 4.88. The molecule has 0 fully saturated rings. The average Bonchev–Trinajstić information content (AvgIpc) is 3.10. The monoisotopic (exact) mass is 397 g/mol. The molecule has 0 aromatic heterocycles. The molecule has 3 nitrogen and oxygen atoms in total. The smallest absolute Gasteiger partial charge is 0.410 e. The van der Waals surface area contributed by atoms with E-state index >= 15 is 0 Å². The number of ether oxygens (including phenoxy) is 1. The second-order valence-electron chi connectivity index (χ2n) is 8.33. The lowest BCUT2D eigenvalue weighted by Crippen LogP contribution is -2.36. The van der Waals surface area contributed by atoms with Crippen molar-refractivity contribution in [3.63, 3.8) is 0 Å². The van der Waals surface area contributed by atoms with Gasteiger partial charge in [0.05, 0.1) is 0 Å². The lowest BCUT2D eigenvalue weighted by atomic mass is 9.95. The molecule has 2 aliphatic rings. The molecule has 3 aromatic rings. The highest BCUT2D eigenvalue weighted by Gasteiger charge is 2.30. The Morgan fingerprint density at radius 3 is 2.60 bits per heavy atom. The third-order valence-electron chi connectivity index (χ3n) is 6.42. The number of hydrogen-bond acceptors (Lipinski definition) is 2. The number of amides is 1. The van der Waals surface area contributed by atoms with Crippen LogP contribution in [0.25, 0.3) is 11.1 Å². The molecule has 152 valence electrons. The maximum absolute atomic E-state index is 12.9. The summed E-state index contributed by atoms with van der Waals surface area (Å²) in [5.74, 6) is 0.106. The van der Waals surface area contributed by atoms with Gasteiger partial charge in [0.2, 0.25) is 0 Å². The van der Waals surface area contributed by atoms with Crippen molar-refractivity contribution in [3.05, 3.63) is 94.5 Å². The third kappa shape index (κ3) is 3.39. The van der Waals surface area contributed by atoms with Crippen LogP contribution in [0.15, 0.2) is 66.7 Å². The number of hydrogen-bond donors (Lipinski definition) is 0. The van der Waals surface area contributed by atoms with Crippen LogP contribution in [0.1, 0.15) is 47.1 Å². The summed E-state index contributed by atoms with van der Waals surface area (Å²) in [4.78, 5) is 14.7. The van der Waals surface area contributed by atoms with Gasteiger partial charge in [-0.3, -0.25) is 0 Å². The fourth-order valence-electron chi connectivity index (χ4n) is 4.88. The molecule has 0 radical (unpaired) electrons. The van der Waals surface area contributed by atoms with Gasteiger partial charge in [-0.25, -0.2) is 4.79 Å². The number of aryl methyl sites for hydroxylation is 1. The van der Waals surface area contributed by atoms with Crippen LogP contribution in [-0.2, 0) is 24.1 Å². The quantitative estimate of drug-likeness (QED) is 0.545. The maximum atomic E-state index is 12.9. The van der Waals surface area contributed by atoms with Crippen molar-refractivity contribution in [2.75, 3.05) is 13.2 Å². The van der Waals surface area contributed by atoms with Gasteiger partial charge in [-0.1, -0.05) is 80.1 Å². The van der Waals surface area contributed by atoms with Gasteiger partial charge in [-0.15, -0.1) is 0 Å². The molecule has 0 saturated carbocycles. The predicted molar refractivity (Wildman–Crippen MR) is 120 cm³/mol. The zero-order chi connectivity index (χ0) is 20.5. The predicted octanol–water partition coefficient (Wildman–Crippen LogP) is 5.95. The number of benzene rings is 3. The zero-order valence-corrected chi connectivity index (χ0v) is 17.4. The van der Waals surface area contributed by atoms with Gasteiger partial charge in [-0.2, -0.15) is 0 Å². The highest BCUT2D eigenvalue weighted by Crippen LogP contribution is 2.45. The van der Waals surface area contributed by atoms with Gasteiger partial charge in [0.25, 0.3) is 0 Å². The van der Waals surface area contributed by atoms with Crippen LogP contribution in [0.2, 0.25) is 0 Å². The molecule has 0 spiro atoms. The highest BCUT2D eigenvalue weighted by molar-refractivity contribution is 5.79. The minimum atomic E-state index is -0.208. The highest BCUT2D eigenvalue weighted by atomic mass is 16.6. The Hall–Kier alpha value is -3.07. The first-order valence-corrected chi connectivity index (χ1v) is 10.9. The van der Waals surface area contributed by atoms with Crippen LogP contribution in [-0.4, -0.2) is 24.1 Å². The van der Waals surface area contributed by atoms with Gasteiger partial charge in [0.15, 0.2) is 0 Å². The van der Waals surface area contributed by atoms with E-state index in [-0.39, 0.29) is 12.0 Å². The SMILES string of the molecule is CCCc1ccc2c(c1)C(COC(=O)N1CCc3ccccc3C1)c1ccccc1-2. The first-order valence-electron chi connectivity index (χ1n) is 10.9. The van der Waals surface area contributed by atoms with Crippen LogP contribution < -0.4 is 0 Å². The molecule has 1 aliphatic carbocycles. The van der Waals surface area contributed by atoms with Gasteiger partial charge in [0, 0.05) is 19.0 Å². The standard InChI is InChI=1S/C27H27NO2/c1-2-7-19-12-13-24-22-10-5-6-11-23(22)26(25(24)16-19)18-30-27(29)28-15-14-20-8-3-4-9-21(20)17-28/h3-6,8-13,16,26H,2,7,14-15,17-18H2,1H3. The Morgan fingerprint density at radius 1 is 0.967 bits per heavy atom. The summed E-state index contributed by atoms with van der Waals surface area (Å²) >= 11 is 0. The lowest BCUT2D eigenvalue weighted by molar-refractivity contribution is 0.0953. The molecule has 1 heterocycles. The summed E-state index contributed by atoms with van der Waals surface area (Å²) in [6.45, 7) is 3.94. The molecule has 1 unspecified atom stereocenters. The van der Waals surface area contributed by atoms with Crippen molar-refractivity contribution in [1.82, 2.24) is 4.90 Å². The second kappa shape index (κ2) is 7.98. The van der Waals surface area contributed by atoms with Crippen LogP contribution in [0.5, 0.6) is 0 Å². The van der Waals surface area contributed by atoms with E-state index in [0.29, 0.717) is 19.7 Å². The molecule has 5 rings (SSSR count). The number of fused-ring (bicyclic) bond motifs is 4. The van der Waals surface area contributed by atoms with Crippen molar-refractivity contribution in [3.8, 4) is 11.1 Å². The largest absolute Gasteiger partial charge is 0.448 e. The van der Waals surface area contributed by atoms with E-state index < -0.39 is 0 Å². The Bertz CT molecular complexity index is 1090. The molecule has 3 aromatic carbocycles. The van der Waals surface area contributed by atoms with E-state index in [2.05, 4.69) is 67.6 Å². The Balaban J connectivity index is 1.35. The van der Waals surface area contributed by atoms with Gasteiger partial charge in [-0.05, 0) is 51.8 Å². The molecular formula is C27H27NO2. The van der Waals surface area contributed by atoms with Crippen LogP contribution >= 0.6 is 0 Å². The van der Waals surface area contributed by atoms with Gasteiger partial charge < -0.3 is 9.64 Å². The summed E-state index contributed by atoms with van der Waals surface area (Å²) in [6.07, 6.45) is 2.88. The molecule has 1 amide bonds. The molecule has 30 heavy (non-hydrogen) atoms. The summed E-state index contributed by atoms with van der Waals surface area (Å²) in [5, 5.41) is 0. The molecule has 0 bridgehead atoms. The van der Waals surface area contributed by atoms with Crippen LogP contribution in [0.4, 0.5) is 4.79 Å². The number of nitrogens with zero attached hydrogens (tertiary/aromatic N) is 1. The summed E-state index contributed by atoms with van der Waals surface area (Å²) in [5.41, 5.74) is 9.01. The Labute approximate surface area is 178 Å². The van der Waals surface area contributed by atoms with Crippen molar-refractivity contribution in [2.24, 2.45) is 0 Å². The second-order valence-corrected chi connectivity index (χ2v) is 8.33. The maximum Gasteiger partial charge on any atom is 0.410 e. The number of carbonyl (C=O) groups is 1. The van der Waals surface area contributed by atoms with E-state index in [9.17, 15) is 4.79 Å². The van der Waals surface area contributed by atoms with E-state index in [4.69, 9.17) is 4.74 Å². The molecule has 0 N–H and O–H groups in total. The van der Waals surface area contributed by atoms with Crippen LogP contribution in [0, 0.1) is 0 Å². The normalized spacial score (nSPS) is 16.6. The number of carbonyl (C=O) groups excluding carboxylic acids is 1. The van der Waals surface area contributed by atoms with Gasteiger partial charge >= 0.3 is 6.09 Å². The van der Waals surface area contributed by atoms with Crippen molar-refractivity contribution in [2.45, 2.75) is 38.6 Å². The topological polar surface area (TPSA) is 29.5 Å². The van der Waals surface area contributed by atoms with E-state index in [0.717, 1.165) is 19.3 Å². The zero-order valence-electron chi connectivity index (χ0n) is 17.4. The van der Waals surface area contributed by atoms with Crippen molar-refractivity contribution >= 4 is 6.09 Å². The third-order valence-corrected chi connectivity index (χ3v) is 6.42. The van der Waals surface area contributed by atoms with E-state index in [1.165, 1.54) is 38.9 Å². The fraction of sp³-hybridized carbons (Fsp3) is 0.296. The Morgan fingerprint density at radius 2 is 1.73 bits per heavy atom. The molecule has 1 aliphatic heterocycles. The minimum Gasteiger partial charge on any atom is -0.448 e. The first kappa shape index (κ1) is 18.9. The Kier molecular flexibility index (Phi) is 5.04. The summed E-state index contributed by atoms with van der Waals surface area (Å²) < 4.78 is 5.88. The van der Waals surface area contributed by atoms with Crippen LogP contribution in [0.3, 0.4) is 0 Å². The minimum absolute atomic E-state index is 0.106. The molecular weight excluding hydrogens is 370 g/mol. The molecule has 0 saturated heterocycles. The van der Waals surface area contributed by atoms with E-state index in [1.807, 2.05) is 11.0 Å². The number of rotatable bonds is 4. The first-order chi connectivity index (χ1) is 14.7. The molecule has 3 heteroatoms. The van der Waals surface area contributed by atoms with E-state index in [1.54, 1.807) is 0 Å². The van der Waals surface area contributed by atoms with Gasteiger partial charge in [0.1, 0.15) is 6.61 Å².